The lowest BCUT2D eigenvalue weighted by Crippen LogP contribution is -1.96. The van der Waals surface area contributed by atoms with Gasteiger partial charge in [-0.15, -0.1) is 6.58 Å². The second-order valence-electron chi connectivity index (χ2n) is 2.08. The van der Waals surface area contributed by atoms with E-state index in [4.69, 9.17) is 5.26 Å². The molecule has 0 bridgehead atoms. The Hall–Kier alpha value is -1.12. The molecule has 0 amide bonds. The summed E-state index contributed by atoms with van der Waals surface area (Å²) in [4.78, 5) is 4.14. The summed E-state index contributed by atoms with van der Waals surface area (Å²) in [5.41, 5.74) is 0.769. The van der Waals surface area contributed by atoms with Gasteiger partial charge in [-0.3, -0.25) is 5.26 Å². The van der Waals surface area contributed by atoms with E-state index in [0.717, 1.165) is 5.56 Å². The number of benzene rings is 1. The van der Waals surface area contributed by atoms with Gasteiger partial charge in [-0.05, 0) is 11.6 Å². The molecule has 1 aromatic carbocycles. The third-order valence-corrected chi connectivity index (χ3v) is 1.37. The van der Waals surface area contributed by atoms with Crippen LogP contribution in [0.15, 0.2) is 36.9 Å². The largest absolute Gasteiger partial charge is 0.251 e. The molecule has 0 heterocycles. The first kappa shape index (κ1) is 7.98. The summed E-state index contributed by atoms with van der Waals surface area (Å²) in [5.74, 6) is 0. The Bertz CT molecular complexity index is 218. The second-order valence-corrected chi connectivity index (χ2v) is 2.08. The molecule has 0 saturated heterocycles. The average molecular weight is 149 g/mol. The van der Waals surface area contributed by atoms with E-state index in [-0.39, 0.29) is 0 Å². The van der Waals surface area contributed by atoms with E-state index in [9.17, 15) is 0 Å². The van der Waals surface area contributed by atoms with Gasteiger partial charge < -0.3 is 0 Å². The van der Waals surface area contributed by atoms with Gasteiger partial charge in [-0.25, -0.2) is 4.89 Å². The highest BCUT2D eigenvalue weighted by Crippen LogP contribution is 2.15. The summed E-state index contributed by atoms with van der Waals surface area (Å²) in [7, 11) is 0. The third kappa shape index (κ3) is 1.90. The van der Waals surface area contributed by atoms with Crippen LogP contribution in [-0.4, -0.2) is 5.26 Å². The molecule has 1 unspecified atom stereocenters. The third-order valence-electron chi connectivity index (χ3n) is 1.37. The fraction of sp³-hybridized carbons (Fsp3) is 0.111. The van der Waals surface area contributed by atoms with Gasteiger partial charge in [-0.1, -0.05) is 30.3 Å². The van der Waals surface area contributed by atoms with Gasteiger partial charge in [0.25, 0.3) is 0 Å². The van der Waals surface area contributed by atoms with Crippen LogP contribution in [0.2, 0.25) is 0 Å². The molecule has 0 spiro atoms. The topological polar surface area (TPSA) is 29.5 Å². The van der Waals surface area contributed by atoms with Crippen molar-refractivity contribution in [3.63, 3.8) is 0 Å². The molecular weight excluding hydrogens is 140 g/mol. The Morgan fingerprint density at radius 2 is 2.45 bits per heavy atom. The quantitative estimate of drug-likeness (QED) is 0.405. The molecule has 57 valence electrons. The van der Waals surface area contributed by atoms with Crippen molar-refractivity contribution in [3.8, 4) is 0 Å². The van der Waals surface area contributed by atoms with Crippen LogP contribution in [0.5, 0.6) is 0 Å². The first-order valence-corrected chi connectivity index (χ1v) is 3.28. The molecule has 0 saturated carbocycles. The molecule has 0 aromatic heterocycles. The van der Waals surface area contributed by atoms with Crippen LogP contribution in [-0.2, 0) is 4.89 Å². The normalized spacial score (nSPS) is 12.5. The summed E-state index contributed by atoms with van der Waals surface area (Å²) in [6.45, 7) is 3.50. The highest BCUT2D eigenvalue weighted by Gasteiger charge is 2.04. The van der Waals surface area contributed by atoms with Crippen LogP contribution >= 0.6 is 0 Å². The molecule has 0 aliphatic rings. The SMILES string of the molecule is C=CC(OO)c1[c]cccc1. The second kappa shape index (κ2) is 3.91. The maximum Gasteiger partial charge on any atom is 0.136 e. The van der Waals surface area contributed by atoms with Crippen molar-refractivity contribution in [3.05, 3.63) is 48.6 Å². The van der Waals surface area contributed by atoms with Crippen molar-refractivity contribution < 1.29 is 10.1 Å². The van der Waals surface area contributed by atoms with Crippen LogP contribution in [0.25, 0.3) is 0 Å². The lowest BCUT2D eigenvalue weighted by atomic mass is 10.1. The molecule has 0 aliphatic carbocycles. The lowest BCUT2D eigenvalue weighted by Gasteiger charge is -2.06. The Labute approximate surface area is 65.7 Å². The maximum atomic E-state index is 8.39. The average Bonchev–Trinajstić information content (AvgIpc) is 2.09. The molecule has 2 nitrogen and oxygen atoms in total. The van der Waals surface area contributed by atoms with Gasteiger partial charge >= 0.3 is 0 Å². The van der Waals surface area contributed by atoms with E-state index in [1.165, 1.54) is 6.08 Å². The minimum absolute atomic E-state index is 0.476. The molecule has 11 heavy (non-hydrogen) atoms. The van der Waals surface area contributed by atoms with Crippen molar-refractivity contribution >= 4 is 0 Å². The van der Waals surface area contributed by atoms with Gasteiger partial charge in [0.05, 0.1) is 0 Å². The van der Waals surface area contributed by atoms with E-state index in [2.05, 4.69) is 17.5 Å². The summed E-state index contributed by atoms with van der Waals surface area (Å²) in [6.07, 6.45) is 1.03. The van der Waals surface area contributed by atoms with Crippen LogP contribution < -0.4 is 0 Å². The highest BCUT2D eigenvalue weighted by molar-refractivity contribution is 5.18. The monoisotopic (exact) mass is 149 g/mol. The zero-order chi connectivity index (χ0) is 8.10. The maximum absolute atomic E-state index is 8.39. The molecule has 1 N–H and O–H groups in total. The van der Waals surface area contributed by atoms with E-state index in [1.807, 2.05) is 18.2 Å². The Morgan fingerprint density at radius 3 is 2.91 bits per heavy atom. The van der Waals surface area contributed by atoms with Gasteiger partial charge in [0.2, 0.25) is 0 Å². The van der Waals surface area contributed by atoms with Gasteiger partial charge in [-0.2, -0.15) is 0 Å². The molecule has 0 aliphatic heterocycles. The van der Waals surface area contributed by atoms with Crippen molar-refractivity contribution in [1.29, 1.82) is 0 Å². The fourth-order valence-electron chi connectivity index (χ4n) is 0.811. The molecule has 1 aromatic rings. The van der Waals surface area contributed by atoms with E-state index in [1.54, 1.807) is 6.07 Å². The zero-order valence-electron chi connectivity index (χ0n) is 6.03. The minimum atomic E-state index is -0.476. The first-order valence-electron chi connectivity index (χ1n) is 3.28. The highest BCUT2D eigenvalue weighted by atomic mass is 17.1. The summed E-state index contributed by atoms with van der Waals surface area (Å²) < 4.78 is 0. The molecule has 0 fully saturated rings. The molecule has 2 heteroatoms. The number of hydrogen-bond acceptors (Lipinski definition) is 2. The lowest BCUT2D eigenvalue weighted by molar-refractivity contribution is -0.268. The van der Waals surface area contributed by atoms with E-state index in [0.29, 0.717) is 0 Å². The Balaban J connectivity index is 2.82. The molecule has 1 atom stereocenters. The summed E-state index contributed by atoms with van der Waals surface area (Å²) in [6, 6.07) is 10.2. The van der Waals surface area contributed by atoms with Crippen molar-refractivity contribution in [2.75, 3.05) is 0 Å². The predicted octanol–water partition coefficient (Wildman–Crippen LogP) is 2.20. The van der Waals surface area contributed by atoms with Crippen LogP contribution in [0.4, 0.5) is 0 Å². The minimum Gasteiger partial charge on any atom is -0.251 e. The first-order chi connectivity index (χ1) is 5.38. The van der Waals surface area contributed by atoms with E-state index >= 15 is 0 Å². The summed E-state index contributed by atoms with van der Waals surface area (Å²) in [5, 5.41) is 8.39. The number of hydrogen-bond donors (Lipinski definition) is 1. The van der Waals surface area contributed by atoms with Crippen LogP contribution in [0.3, 0.4) is 0 Å². The summed E-state index contributed by atoms with van der Waals surface area (Å²) >= 11 is 0. The Morgan fingerprint density at radius 1 is 1.64 bits per heavy atom. The predicted molar refractivity (Wildman–Crippen MR) is 41.9 cm³/mol. The van der Waals surface area contributed by atoms with Crippen LogP contribution in [0.1, 0.15) is 11.7 Å². The Kier molecular flexibility index (Phi) is 2.83. The number of rotatable bonds is 3. The fourth-order valence-corrected chi connectivity index (χ4v) is 0.811. The van der Waals surface area contributed by atoms with Crippen molar-refractivity contribution in [1.82, 2.24) is 0 Å². The standard InChI is InChI=1S/C9H9O2/c1-2-9(11-10)8-6-4-3-5-7-8/h2-6,9-10H,1H2. The zero-order valence-corrected chi connectivity index (χ0v) is 6.03. The van der Waals surface area contributed by atoms with Gasteiger partial charge in [0.15, 0.2) is 0 Å². The van der Waals surface area contributed by atoms with E-state index < -0.39 is 6.10 Å². The van der Waals surface area contributed by atoms with Crippen LogP contribution in [0, 0.1) is 6.07 Å². The van der Waals surface area contributed by atoms with Gasteiger partial charge in [0, 0.05) is 0 Å². The molecular formula is C9H9O2. The van der Waals surface area contributed by atoms with Crippen molar-refractivity contribution in [2.24, 2.45) is 0 Å². The molecule has 1 radical (unpaired) electrons. The van der Waals surface area contributed by atoms with Gasteiger partial charge in [0.1, 0.15) is 6.10 Å². The van der Waals surface area contributed by atoms with Crippen molar-refractivity contribution in [2.45, 2.75) is 6.10 Å². The molecule has 1 rings (SSSR count). The smallest absolute Gasteiger partial charge is 0.136 e.